The second-order valence-corrected chi connectivity index (χ2v) is 15.2. The van der Waals surface area contributed by atoms with Crippen LogP contribution in [0.5, 0.6) is 0 Å². The summed E-state index contributed by atoms with van der Waals surface area (Å²) in [6, 6.07) is 22.4. The van der Waals surface area contributed by atoms with Gasteiger partial charge in [0.2, 0.25) is 5.91 Å². The number of aliphatic hydroxyl groups excluding tert-OH is 1. The highest BCUT2D eigenvalue weighted by molar-refractivity contribution is 5.91. The van der Waals surface area contributed by atoms with Crippen molar-refractivity contribution in [2.45, 2.75) is 62.9 Å². The van der Waals surface area contributed by atoms with Crippen LogP contribution in [-0.2, 0) is 19.1 Å². The van der Waals surface area contributed by atoms with E-state index in [2.05, 4.69) is 57.6 Å². The number of rotatable bonds is 11. The fourth-order valence-electron chi connectivity index (χ4n) is 8.15. The summed E-state index contributed by atoms with van der Waals surface area (Å²) in [4.78, 5) is 70.8. The van der Waals surface area contributed by atoms with Crippen LogP contribution in [0, 0.1) is 0 Å². The van der Waals surface area contributed by atoms with Crippen LogP contribution in [0.2, 0.25) is 0 Å². The number of nitrogens with zero attached hydrogens (tertiary/aromatic N) is 6. The summed E-state index contributed by atoms with van der Waals surface area (Å²) in [6.45, 7) is 2.44. The third kappa shape index (κ3) is 8.50. The molecule has 5 heterocycles. The fraction of sp³-hybridized carbons (Fsp3) is 0.318. The lowest BCUT2D eigenvalue weighted by Crippen LogP contribution is -2.53. The molecule has 0 aliphatic carbocycles. The van der Waals surface area contributed by atoms with Gasteiger partial charge in [-0.25, -0.2) is 19.6 Å². The van der Waals surface area contributed by atoms with Crippen molar-refractivity contribution in [3.05, 3.63) is 108 Å². The molecule has 3 aromatic carbocycles. The number of ether oxygens (including phenoxy) is 2. The Labute approximate surface area is 350 Å². The summed E-state index contributed by atoms with van der Waals surface area (Å²) in [5, 5.41) is 26.5. The number of carbonyl (C=O) groups is 4. The molecule has 0 unspecified atom stereocenters. The molecule has 2 fully saturated rings. The molecule has 0 radical (unpaired) electrons. The average molecular weight is 827 g/mol. The van der Waals surface area contributed by atoms with Crippen LogP contribution in [0.25, 0.3) is 44.7 Å². The topological polar surface area (TPSA) is 221 Å². The number of nitrogens with one attached hydrogen (secondary N) is 4. The van der Waals surface area contributed by atoms with E-state index in [1.165, 1.54) is 21.1 Å². The van der Waals surface area contributed by atoms with Crippen LogP contribution < -0.4 is 10.6 Å². The Balaban J connectivity index is 0.942. The first-order chi connectivity index (χ1) is 29.6. The Morgan fingerprint density at radius 2 is 1.26 bits per heavy atom. The smallest absolute Gasteiger partial charge is 0.407 e. The molecule has 17 heteroatoms. The minimum absolute atomic E-state index is 0.245. The summed E-state index contributed by atoms with van der Waals surface area (Å²) >= 11 is 0. The zero-order valence-electron chi connectivity index (χ0n) is 33.9. The lowest BCUT2D eigenvalue weighted by molar-refractivity contribution is -0.137. The number of aliphatic hydroxyl groups is 1. The minimum Gasteiger partial charge on any atom is -0.453 e. The summed E-state index contributed by atoms with van der Waals surface area (Å²) in [5.74, 6) is 0.613. The van der Waals surface area contributed by atoms with Gasteiger partial charge in [0, 0.05) is 24.2 Å². The number of likely N-dealkylation sites (tertiary alicyclic amines) is 2. The number of carbonyl (C=O) groups excluding carboxylic acids is 4. The summed E-state index contributed by atoms with van der Waals surface area (Å²) < 4.78 is 9.47. The van der Waals surface area contributed by atoms with Crippen molar-refractivity contribution in [2.75, 3.05) is 27.3 Å². The number of aromatic amines is 2. The maximum Gasteiger partial charge on any atom is 0.407 e. The van der Waals surface area contributed by atoms with Gasteiger partial charge in [-0.15, -0.1) is 10.2 Å². The van der Waals surface area contributed by atoms with Crippen molar-refractivity contribution >= 4 is 34.8 Å². The van der Waals surface area contributed by atoms with E-state index in [-0.39, 0.29) is 18.0 Å². The van der Waals surface area contributed by atoms with Gasteiger partial charge in [-0.05, 0) is 73.2 Å². The third-order valence-corrected chi connectivity index (χ3v) is 11.3. The average Bonchev–Trinajstić information content (AvgIpc) is 4.14. The summed E-state index contributed by atoms with van der Waals surface area (Å²) in [7, 11) is 2.47. The van der Waals surface area contributed by atoms with Crippen LogP contribution >= 0.6 is 0 Å². The van der Waals surface area contributed by atoms with Gasteiger partial charge in [-0.3, -0.25) is 9.59 Å². The molecule has 6 aromatic rings. The van der Waals surface area contributed by atoms with E-state index in [0.29, 0.717) is 60.2 Å². The third-order valence-electron chi connectivity index (χ3n) is 11.3. The van der Waals surface area contributed by atoms with Crippen LogP contribution in [0.1, 0.15) is 67.9 Å². The van der Waals surface area contributed by atoms with Gasteiger partial charge in [0.1, 0.15) is 29.4 Å². The SMILES string of the molecule is COC(=O)N[C@H](C(=O)N1CCC[C@H]1c1ncc(-c2ccc3cc(-c4ccc(-c5cnc([C@@H]6CCCN6C(=O)[C@H](NC(=O)OC)c6ccccc6)[nH]5)nn4)ccc3c2)[nH]1)[C@@H](C)O. The highest BCUT2D eigenvalue weighted by atomic mass is 16.5. The number of amides is 4. The molecule has 5 N–H and O–H groups in total. The zero-order chi connectivity index (χ0) is 42.6. The Kier molecular flexibility index (Phi) is 11.7. The van der Waals surface area contributed by atoms with E-state index in [1.54, 1.807) is 34.3 Å². The van der Waals surface area contributed by atoms with E-state index in [9.17, 15) is 24.3 Å². The van der Waals surface area contributed by atoms with E-state index in [4.69, 9.17) is 4.74 Å². The predicted molar refractivity (Wildman–Crippen MR) is 223 cm³/mol. The van der Waals surface area contributed by atoms with Crippen molar-refractivity contribution < 1.29 is 33.8 Å². The van der Waals surface area contributed by atoms with Crippen molar-refractivity contribution in [1.29, 1.82) is 0 Å². The number of hydrogen-bond donors (Lipinski definition) is 5. The fourth-order valence-corrected chi connectivity index (χ4v) is 8.15. The first-order valence-electron chi connectivity index (χ1n) is 20.1. The lowest BCUT2D eigenvalue weighted by atomic mass is 10.0. The molecule has 4 amide bonds. The number of fused-ring (bicyclic) bond motifs is 1. The summed E-state index contributed by atoms with van der Waals surface area (Å²) in [5.41, 5.74) is 5.23. The number of H-pyrrole nitrogens is 2. The van der Waals surface area contributed by atoms with Crippen molar-refractivity contribution in [1.82, 2.24) is 50.6 Å². The second-order valence-electron chi connectivity index (χ2n) is 15.2. The zero-order valence-corrected chi connectivity index (χ0v) is 33.9. The van der Waals surface area contributed by atoms with E-state index >= 15 is 0 Å². The van der Waals surface area contributed by atoms with E-state index in [0.717, 1.165) is 40.4 Å². The standard InChI is InChI=1S/C44H46N10O7/c1-25(55)37(49-43(58)60-2)41(56)53-19-7-11-35(53)39-45-23-33(47-39)30-16-14-27-21-29(15-13-28(27)22-30)31-17-18-32(52-51-31)34-24-46-40(48-34)36-12-8-20-54(36)42(57)38(50-44(59)61-3)26-9-5-4-6-10-26/h4-6,9-10,13-18,21-25,35-38,55H,7-8,11-12,19-20H2,1-3H3,(H,45,47)(H,46,48)(H,49,58)(H,50,59)/t25-,35+,36+,37+,38-/m1/s1. The Morgan fingerprint density at radius 1 is 0.705 bits per heavy atom. The number of benzene rings is 3. The highest BCUT2D eigenvalue weighted by Crippen LogP contribution is 2.35. The molecule has 8 rings (SSSR count). The Hall–Kier alpha value is -7.14. The van der Waals surface area contributed by atoms with Gasteiger partial charge in [0.15, 0.2) is 0 Å². The molecular formula is C44H46N10O7. The molecule has 0 bridgehead atoms. The molecule has 5 atom stereocenters. The molecule has 0 saturated carbocycles. The van der Waals surface area contributed by atoms with Gasteiger partial charge in [-0.2, -0.15) is 0 Å². The van der Waals surface area contributed by atoms with Gasteiger partial charge >= 0.3 is 12.2 Å². The molecule has 17 nitrogen and oxygen atoms in total. The molecule has 2 aliphatic rings. The quantitative estimate of drug-likeness (QED) is 0.108. The van der Waals surface area contributed by atoms with Gasteiger partial charge in [-0.1, -0.05) is 54.6 Å². The van der Waals surface area contributed by atoms with Gasteiger partial charge in [0.05, 0.1) is 61.9 Å². The van der Waals surface area contributed by atoms with Crippen LogP contribution in [0.15, 0.2) is 91.3 Å². The molecular weight excluding hydrogens is 781 g/mol. The lowest BCUT2D eigenvalue weighted by Gasteiger charge is -2.29. The van der Waals surface area contributed by atoms with Crippen LogP contribution in [0.4, 0.5) is 9.59 Å². The van der Waals surface area contributed by atoms with E-state index < -0.39 is 36.3 Å². The van der Waals surface area contributed by atoms with Gasteiger partial charge < -0.3 is 45.0 Å². The van der Waals surface area contributed by atoms with Gasteiger partial charge in [0.25, 0.3) is 5.91 Å². The first-order valence-corrected chi connectivity index (χ1v) is 20.1. The van der Waals surface area contributed by atoms with Crippen LogP contribution in [-0.4, -0.2) is 108 Å². The predicted octanol–water partition coefficient (Wildman–Crippen LogP) is 5.61. The van der Waals surface area contributed by atoms with Crippen molar-refractivity contribution in [2.24, 2.45) is 0 Å². The molecule has 3 aromatic heterocycles. The van der Waals surface area contributed by atoms with Crippen molar-refractivity contribution in [3.63, 3.8) is 0 Å². The molecule has 2 aliphatic heterocycles. The number of alkyl carbamates (subject to hydrolysis) is 2. The maximum atomic E-state index is 13.9. The maximum absolute atomic E-state index is 13.9. The van der Waals surface area contributed by atoms with E-state index in [1.807, 2.05) is 54.6 Å². The molecule has 314 valence electrons. The number of hydrogen-bond acceptors (Lipinski definition) is 11. The summed E-state index contributed by atoms with van der Waals surface area (Å²) in [6.07, 6.45) is 3.79. The largest absolute Gasteiger partial charge is 0.453 e. The normalized spacial score (nSPS) is 17.8. The monoisotopic (exact) mass is 826 g/mol. The minimum atomic E-state index is -1.14. The Morgan fingerprint density at radius 3 is 1.89 bits per heavy atom. The first kappa shape index (κ1) is 40.6. The second kappa shape index (κ2) is 17.6. The van der Waals surface area contributed by atoms with Crippen LogP contribution in [0.3, 0.4) is 0 Å². The number of aromatic nitrogens is 6. The Bertz CT molecular complexity index is 2540. The molecule has 0 spiro atoms. The molecule has 2 saturated heterocycles. The number of methoxy groups -OCH3 is 2. The number of imidazole rings is 2. The highest BCUT2D eigenvalue weighted by Gasteiger charge is 2.39. The van der Waals surface area contributed by atoms with Crippen molar-refractivity contribution in [3.8, 4) is 33.9 Å². The molecule has 61 heavy (non-hydrogen) atoms.